The zero-order chi connectivity index (χ0) is 22.8. The van der Waals surface area contributed by atoms with E-state index in [1.165, 1.54) is 6.08 Å². The first-order valence-electron chi connectivity index (χ1n) is 9.34. The second-order valence-electron chi connectivity index (χ2n) is 6.64. The number of carboxylic acids is 3. The van der Waals surface area contributed by atoms with Crippen LogP contribution in [0.3, 0.4) is 0 Å². The Kier molecular flexibility index (Phi) is 8.32. The number of nitrogens with one attached hydrogen (secondary N) is 2. The maximum Gasteiger partial charge on any atom is 0.328 e. The summed E-state index contributed by atoms with van der Waals surface area (Å²) >= 11 is 0. The Bertz CT molecular complexity index is 984. The molecule has 31 heavy (non-hydrogen) atoms. The molecule has 0 aliphatic rings. The van der Waals surface area contributed by atoms with Crippen LogP contribution in [0.2, 0.25) is 0 Å². The normalized spacial score (nSPS) is 11.6. The standard InChI is InChI=1S/C22H22N2O7/c25-19(26)10-6-14-4-7-17(8-5-14)23-13-15-2-1-3-16(12-15)21(29)24-18(22(30)31)9-11-20(27)28/h1-8,10,12,18,23H,9,11,13H2,(H,24,29)(H,25,26)(H,27,28)(H,30,31)/b10-6+/t18-/m1/s1. The SMILES string of the molecule is O=C(O)/C=C/c1ccc(NCc2cccc(C(=O)N[C@H](CCC(=O)O)C(=O)O)c2)cc1. The number of carbonyl (C=O) groups excluding carboxylic acids is 1. The summed E-state index contributed by atoms with van der Waals surface area (Å²) in [6.07, 6.45) is 1.95. The van der Waals surface area contributed by atoms with Crippen LogP contribution in [-0.4, -0.2) is 45.2 Å². The van der Waals surface area contributed by atoms with E-state index in [9.17, 15) is 24.3 Å². The predicted molar refractivity (Wildman–Crippen MR) is 113 cm³/mol. The fourth-order valence-electron chi connectivity index (χ4n) is 2.67. The largest absolute Gasteiger partial charge is 0.481 e. The summed E-state index contributed by atoms with van der Waals surface area (Å²) < 4.78 is 0. The molecule has 0 saturated heterocycles. The van der Waals surface area contributed by atoms with E-state index in [0.717, 1.165) is 22.9 Å². The highest BCUT2D eigenvalue weighted by Gasteiger charge is 2.21. The van der Waals surface area contributed by atoms with E-state index in [2.05, 4.69) is 10.6 Å². The Hall–Kier alpha value is -4.14. The first-order valence-corrected chi connectivity index (χ1v) is 9.34. The molecule has 0 fully saturated rings. The summed E-state index contributed by atoms with van der Waals surface area (Å²) in [5.41, 5.74) is 2.57. The van der Waals surface area contributed by atoms with Crippen molar-refractivity contribution in [3.05, 3.63) is 71.3 Å². The second kappa shape index (κ2) is 11.1. The van der Waals surface area contributed by atoms with Crippen LogP contribution in [0, 0.1) is 0 Å². The lowest BCUT2D eigenvalue weighted by atomic mass is 10.1. The molecule has 2 aromatic carbocycles. The number of amides is 1. The molecule has 2 rings (SSSR count). The average molecular weight is 426 g/mol. The highest BCUT2D eigenvalue weighted by Crippen LogP contribution is 2.13. The molecule has 1 amide bonds. The maximum absolute atomic E-state index is 12.4. The number of carboxylic acid groups (broad SMARTS) is 3. The van der Waals surface area contributed by atoms with Crippen molar-refractivity contribution in [1.82, 2.24) is 5.32 Å². The van der Waals surface area contributed by atoms with E-state index >= 15 is 0 Å². The van der Waals surface area contributed by atoms with Crippen molar-refractivity contribution in [2.75, 3.05) is 5.32 Å². The van der Waals surface area contributed by atoms with Gasteiger partial charge in [-0.25, -0.2) is 9.59 Å². The van der Waals surface area contributed by atoms with Gasteiger partial charge in [-0.3, -0.25) is 9.59 Å². The maximum atomic E-state index is 12.4. The van der Waals surface area contributed by atoms with E-state index in [1.54, 1.807) is 48.5 Å². The minimum absolute atomic E-state index is 0.213. The smallest absolute Gasteiger partial charge is 0.328 e. The molecule has 9 heteroatoms. The molecule has 0 aliphatic carbocycles. The van der Waals surface area contributed by atoms with Gasteiger partial charge in [0.1, 0.15) is 6.04 Å². The third-order valence-corrected chi connectivity index (χ3v) is 4.27. The van der Waals surface area contributed by atoms with Crippen LogP contribution >= 0.6 is 0 Å². The van der Waals surface area contributed by atoms with Crippen LogP contribution in [0.4, 0.5) is 5.69 Å². The Morgan fingerprint density at radius 3 is 2.29 bits per heavy atom. The van der Waals surface area contributed by atoms with Crippen LogP contribution < -0.4 is 10.6 Å². The van der Waals surface area contributed by atoms with Gasteiger partial charge < -0.3 is 26.0 Å². The molecule has 0 radical (unpaired) electrons. The van der Waals surface area contributed by atoms with Crippen molar-refractivity contribution in [3.8, 4) is 0 Å². The van der Waals surface area contributed by atoms with Crippen molar-refractivity contribution in [2.45, 2.75) is 25.4 Å². The lowest BCUT2D eigenvalue weighted by Crippen LogP contribution is -2.41. The van der Waals surface area contributed by atoms with Crippen LogP contribution in [0.25, 0.3) is 6.08 Å². The van der Waals surface area contributed by atoms with Gasteiger partial charge in [-0.15, -0.1) is 0 Å². The van der Waals surface area contributed by atoms with Crippen molar-refractivity contribution < 1.29 is 34.5 Å². The number of carbonyl (C=O) groups is 4. The van der Waals surface area contributed by atoms with Gasteiger partial charge in [0.2, 0.25) is 0 Å². The Morgan fingerprint density at radius 1 is 0.968 bits per heavy atom. The number of anilines is 1. The summed E-state index contributed by atoms with van der Waals surface area (Å²) in [7, 11) is 0. The zero-order valence-corrected chi connectivity index (χ0v) is 16.4. The number of aliphatic carboxylic acids is 3. The number of benzene rings is 2. The molecule has 0 aliphatic heterocycles. The Labute approximate surface area is 178 Å². The van der Waals surface area contributed by atoms with E-state index in [4.69, 9.17) is 10.2 Å². The minimum Gasteiger partial charge on any atom is -0.481 e. The molecule has 0 saturated carbocycles. The number of hydrogen-bond acceptors (Lipinski definition) is 5. The third kappa shape index (κ3) is 8.01. The van der Waals surface area contributed by atoms with Gasteiger partial charge in [0, 0.05) is 30.3 Å². The Morgan fingerprint density at radius 2 is 1.68 bits per heavy atom. The van der Waals surface area contributed by atoms with Gasteiger partial charge in [-0.1, -0.05) is 24.3 Å². The summed E-state index contributed by atoms with van der Waals surface area (Å²) in [6.45, 7) is 0.396. The van der Waals surface area contributed by atoms with E-state index in [0.29, 0.717) is 6.54 Å². The highest BCUT2D eigenvalue weighted by molar-refractivity contribution is 5.96. The van der Waals surface area contributed by atoms with Gasteiger partial charge >= 0.3 is 17.9 Å². The molecular weight excluding hydrogens is 404 g/mol. The fraction of sp³-hybridized carbons (Fsp3) is 0.182. The molecular formula is C22H22N2O7. The van der Waals surface area contributed by atoms with Gasteiger partial charge in [0.15, 0.2) is 0 Å². The summed E-state index contributed by atoms with van der Waals surface area (Å²) in [6, 6.07) is 12.4. The van der Waals surface area contributed by atoms with Crippen molar-refractivity contribution in [2.24, 2.45) is 0 Å². The lowest BCUT2D eigenvalue weighted by Gasteiger charge is -2.14. The summed E-state index contributed by atoms with van der Waals surface area (Å²) in [4.78, 5) is 44.8. The van der Waals surface area contributed by atoms with Crippen LogP contribution in [0.1, 0.15) is 34.3 Å². The van der Waals surface area contributed by atoms with Gasteiger partial charge in [0.25, 0.3) is 5.91 Å². The minimum atomic E-state index is -1.30. The van der Waals surface area contributed by atoms with E-state index < -0.39 is 29.9 Å². The number of rotatable bonds is 11. The molecule has 0 unspecified atom stereocenters. The van der Waals surface area contributed by atoms with Crippen LogP contribution in [0.15, 0.2) is 54.6 Å². The molecule has 0 bridgehead atoms. The molecule has 162 valence electrons. The molecule has 0 aromatic heterocycles. The Balaban J connectivity index is 1.98. The molecule has 0 spiro atoms. The fourth-order valence-corrected chi connectivity index (χ4v) is 2.67. The first-order chi connectivity index (χ1) is 14.7. The summed E-state index contributed by atoms with van der Waals surface area (Å²) in [5, 5.41) is 32.1. The van der Waals surface area contributed by atoms with Crippen LogP contribution in [0.5, 0.6) is 0 Å². The predicted octanol–water partition coefficient (Wildman–Crippen LogP) is 2.44. The lowest BCUT2D eigenvalue weighted by molar-refractivity contribution is -0.140. The molecule has 9 nitrogen and oxygen atoms in total. The van der Waals surface area contributed by atoms with E-state index in [-0.39, 0.29) is 18.4 Å². The monoisotopic (exact) mass is 426 g/mol. The van der Waals surface area contributed by atoms with Crippen molar-refractivity contribution in [1.29, 1.82) is 0 Å². The topological polar surface area (TPSA) is 153 Å². The highest BCUT2D eigenvalue weighted by atomic mass is 16.4. The molecule has 5 N–H and O–H groups in total. The van der Waals surface area contributed by atoms with Crippen LogP contribution in [-0.2, 0) is 20.9 Å². The van der Waals surface area contributed by atoms with Crippen molar-refractivity contribution in [3.63, 3.8) is 0 Å². The van der Waals surface area contributed by atoms with E-state index in [1.807, 2.05) is 0 Å². The van der Waals surface area contributed by atoms with Crippen molar-refractivity contribution >= 4 is 35.6 Å². The quantitative estimate of drug-likeness (QED) is 0.343. The first kappa shape index (κ1) is 23.1. The third-order valence-electron chi connectivity index (χ3n) is 4.27. The number of hydrogen-bond donors (Lipinski definition) is 5. The zero-order valence-electron chi connectivity index (χ0n) is 16.4. The molecule has 2 aromatic rings. The average Bonchev–Trinajstić information content (AvgIpc) is 2.74. The second-order valence-corrected chi connectivity index (χ2v) is 6.64. The van der Waals surface area contributed by atoms with Gasteiger partial charge in [0.05, 0.1) is 0 Å². The van der Waals surface area contributed by atoms with Gasteiger partial charge in [-0.05, 0) is 47.9 Å². The van der Waals surface area contributed by atoms with Gasteiger partial charge in [-0.2, -0.15) is 0 Å². The molecule has 0 heterocycles. The summed E-state index contributed by atoms with van der Waals surface area (Å²) in [5.74, 6) is -4.06. The molecule has 1 atom stereocenters.